The fourth-order valence-corrected chi connectivity index (χ4v) is 4.36. The molecule has 2 rings (SSSR count). The summed E-state index contributed by atoms with van der Waals surface area (Å²) in [5, 5.41) is 10.7. The number of phenols is 1. The summed E-state index contributed by atoms with van der Waals surface area (Å²) in [6, 6.07) is 6.46. The molecule has 1 fully saturated rings. The van der Waals surface area contributed by atoms with Gasteiger partial charge in [-0.05, 0) is 42.7 Å². The Hall–Kier alpha value is -0.980. The molecule has 1 heteroatoms. The maximum absolute atomic E-state index is 10.7. The van der Waals surface area contributed by atoms with E-state index in [1.54, 1.807) is 0 Å². The zero-order valence-corrected chi connectivity index (χ0v) is 16.6. The van der Waals surface area contributed by atoms with Gasteiger partial charge in [-0.3, -0.25) is 0 Å². The highest BCUT2D eigenvalue weighted by Crippen LogP contribution is 2.38. The Labute approximate surface area is 156 Å². The van der Waals surface area contributed by atoms with E-state index < -0.39 is 0 Å². The molecule has 142 valence electrons. The van der Waals surface area contributed by atoms with E-state index in [-0.39, 0.29) is 0 Å². The molecule has 0 radical (unpaired) electrons. The number of benzene rings is 1. The molecular weight excluding hydrogens is 304 g/mol. The average molecular weight is 345 g/mol. The standard InChI is InChI=1S/C24H40O/c1-2-3-4-5-6-7-8-9-10-12-18-22-19-15-20-23(24(22)25)21-16-13-11-14-17-21/h15,19-21,25H,2-14,16-18H2,1H3. The molecule has 1 N–H and O–H groups in total. The molecule has 0 atom stereocenters. The Morgan fingerprint density at radius 2 is 1.40 bits per heavy atom. The highest BCUT2D eigenvalue weighted by atomic mass is 16.3. The number of unbranched alkanes of at least 4 members (excludes halogenated alkanes) is 9. The second-order valence-electron chi connectivity index (χ2n) is 8.12. The van der Waals surface area contributed by atoms with Crippen molar-refractivity contribution in [3.05, 3.63) is 29.3 Å². The molecule has 1 nitrogen and oxygen atoms in total. The summed E-state index contributed by atoms with van der Waals surface area (Å²) in [6.45, 7) is 2.28. The van der Waals surface area contributed by atoms with Crippen LogP contribution in [0.1, 0.15) is 120 Å². The topological polar surface area (TPSA) is 20.2 Å². The van der Waals surface area contributed by atoms with Gasteiger partial charge in [0.05, 0.1) is 0 Å². The van der Waals surface area contributed by atoms with Crippen molar-refractivity contribution >= 4 is 0 Å². The maximum Gasteiger partial charge on any atom is 0.122 e. The van der Waals surface area contributed by atoms with Crippen LogP contribution in [-0.4, -0.2) is 5.11 Å². The van der Waals surface area contributed by atoms with Crippen molar-refractivity contribution in [1.82, 2.24) is 0 Å². The lowest BCUT2D eigenvalue weighted by Crippen LogP contribution is -2.05. The second-order valence-corrected chi connectivity index (χ2v) is 8.12. The summed E-state index contributed by atoms with van der Waals surface area (Å²) in [6.07, 6.45) is 21.3. The van der Waals surface area contributed by atoms with Crippen LogP contribution in [0.25, 0.3) is 0 Å². The van der Waals surface area contributed by atoms with Crippen LogP contribution in [0.15, 0.2) is 18.2 Å². The van der Waals surface area contributed by atoms with Crippen LogP contribution in [-0.2, 0) is 6.42 Å². The minimum Gasteiger partial charge on any atom is -0.507 e. The smallest absolute Gasteiger partial charge is 0.122 e. The molecular formula is C24H40O. The van der Waals surface area contributed by atoms with E-state index in [1.807, 2.05) is 0 Å². The molecule has 0 aromatic heterocycles. The van der Waals surface area contributed by atoms with Gasteiger partial charge in [-0.2, -0.15) is 0 Å². The second kappa shape index (κ2) is 12.4. The predicted octanol–water partition coefficient (Wildman–Crippen LogP) is 7.90. The Kier molecular flexibility index (Phi) is 10.1. The van der Waals surface area contributed by atoms with Gasteiger partial charge in [-0.1, -0.05) is 102 Å². The molecule has 0 bridgehead atoms. The summed E-state index contributed by atoms with van der Waals surface area (Å²) in [7, 11) is 0. The van der Waals surface area contributed by atoms with E-state index in [0.717, 1.165) is 6.42 Å². The summed E-state index contributed by atoms with van der Waals surface area (Å²) < 4.78 is 0. The number of hydrogen-bond donors (Lipinski definition) is 1. The molecule has 1 aromatic rings. The minimum absolute atomic E-state index is 0.599. The Balaban J connectivity index is 1.62. The van der Waals surface area contributed by atoms with Crippen molar-refractivity contribution in [3.8, 4) is 5.75 Å². The third-order valence-electron chi connectivity index (χ3n) is 6.00. The number of hydrogen-bond acceptors (Lipinski definition) is 1. The lowest BCUT2D eigenvalue weighted by molar-refractivity contribution is 0.410. The van der Waals surface area contributed by atoms with Crippen LogP contribution in [0, 0.1) is 0 Å². The largest absolute Gasteiger partial charge is 0.507 e. The van der Waals surface area contributed by atoms with E-state index >= 15 is 0 Å². The van der Waals surface area contributed by atoms with Gasteiger partial charge >= 0.3 is 0 Å². The lowest BCUT2D eigenvalue weighted by atomic mass is 9.83. The van der Waals surface area contributed by atoms with Crippen LogP contribution in [0.5, 0.6) is 5.75 Å². The molecule has 1 saturated carbocycles. The Bertz CT molecular complexity index is 459. The van der Waals surface area contributed by atoms with Crippen LogP contribution >= 0.6 is 0 Å². The zero-order chi connectivity index (χ0) is 17.7. The van der Waals surface area contributed by atoms with E-state index in [9.17, 15) is 5.11 Å². The first-order valence-corrected chi connectivity index (χ1v) is 11.1. The summed E-state index contributed by atoms with van der Waals surface area (Å²) in [5.74, 6) is 1.21. The van der Waals surface area contributed by atoms with Crippen molar-refractivity contribution in [2.45, 2.75) is 116 Å². The van der Waals surface area contributed by atoms with Crippen molar-refractivity contribution in [1.29, 1.82) is 0 Å². The van der Waals surface area contributed by atoms with Gasteiger partial charge in [0.1, 0.15) is 5.75 Å². The monoisotopic (exact) mass is 344 g/mol. The number of rotatable bonds is 12. The Morgan fingerprint density at radius 1 is 0.800 bits per heavy atom. The molecule has 0 spiro atoms. The van der Waals surface area contributed by atoms with Gasteiger partial charge in [0.2, 0.25) is 0 Å². The van der Waals surface area contributed by atoms with Crippen molar-refractivity contribution in [2.75, 3.05) is 0 Å². The molecule has 0 amide bonds. The van der Waals surface area contributed by atoms with Gasteiger partial charge in [0.25, 0.3) is 0 Å². The molecule has 25 heavy (non-hydrogen) atoms. The van der Waals surface area contributed by atoms with Crippen molar-refractivity contribution in [3.63, 3.8) is 0 Å². The van der Waals surface area contributed by atoms with E-state index in [0.29, 0.717) is 11.7 Å². The Morgan fingerprint density at radius 3 is 2.04 bits per heavy atom. The number of aromatic hydroxyl groups is 1. The van der Waals surface area contributed by atoms with E-state index in [4.69, 9.17) is 0 Å². The van der Waals surface area contributed by atoms with Gasteiger partial charge in [-0.15, -0.1) is 0 Å². The first-order chi connectivity index (χ1) is 12.3. The van der Waals surface area contributed by atoms with Crippen LogP contribution in [0.3, 0.4) is 0 Å². The highest BCUT2D eigenvalue weighted by Gasteiger charge is 2.19. The molecule has 0 aliphatic heterocycles. The maximum atomic E-state index is 10.7. The van der Waals surface area contributed by atoms with Gasteiger partial charge in [0.15, 0.2) is 0 Å². The molecule has 1 aromatic carbocycles. The number of aryl methyl sites for hydroxylation is 1. The van der Waals surface area contributed by atoms with Crippen LogP contribution in [0.2, 0.25) is 0 Å². The van der Waals surface area contributed by atoms with Crippen molar-refractivity contribution in [2.24, 2.45) is 0 Å². The van der Waals surface area contributed by atoms with E-state index in [1.165, 1.54) is 107 Å². The SMILES string of the molecule is CCCCCCCCCCCCc1cccc(C2CCCCC2)c1O. The molecule has 0 unspecified atom stereocenters. The first-order valence-electron chi connectivity index (χ1n) is 11.1. The summed E-state index contributed by atoms with van der Waals surface area (Å²) in [5.41, 5.74) is 2.41. The van der Waals surface area contributed by atoms with Crippen LogP contribution < -0.4 is 0 Å². The lowest BCUT2D eigenvalue weighted by Gasteiger charge is -2.23. The summed E-state index contributed by atoms with van der Waals surface area (Å²) in [4.78, 5) is 0. The van der Waals surface area contributed by atoms with Crippen molar-refractivity contribution < 1.29 is 5.11 Å². The first kappa shape index (κ1) is 20.3. The predicted molar refractivity (Wildman–Crippen MR) is 109 cm³/mol. The normalized spacial score (nSPS) is 15.6. The fraction of sp³-hybridized carbons (Fsp3) is 0.750. The van der Waals surface area contributed by atoms with Gasteiger partial charge in [0, 0.05) is 0 Å². The van der Waals surface area contributed by atoms with Gasteiger partial charge in [-0.25, -0.2) is 0 Å². The summed E-state index contributed by atoms with van der Waals surface area (Å²) >= 11 is 0. The molecule has 0 saturated heterocycles. The third kappa shape index (κ3) is 7.42. The van der Waals surface area contributed by atoms with Gasteiger partial charge < -0.3 is 5.11 Å². The number of phenolic OH excluding ortho intramolecular Hbond substituents is 1. The number of para-hydroxylation sites is 1. The molecule has 1 aliphatic carbocycles. The molecule has 1 aliphatic rings. The average Bonchev–Trinajstić information content (AvgIpc) is 2.65. The molecule has 0 heterocycles. The van der Waals surface area contributed by atoms with Crippen LogP contribution in [0.4, 0.5) is 0 Å². The fourth-order valence-electron chi connectivity index (χ4n) is 4.36. The third-order valence-corrected chi connectivity index (χ3v) is 6.00. The minimum atomic E-state index is 0.599. The zero-order valence-electron chi connectivity index (χ0n) is 16.6. The highest BCUT2D eigenvalue weighted by molar-refractivity contribution is 5.42. The quantitative estimate of drug-likeness (QED) is 0.382. The van der Waals surface area contributed by atoms with E-state index in [2.05, 4.69) is 25.1 Å².